The van der Waals surface area contributed by atoms with E-state index in [1.54, 1.807) is 37.5 Å². The Morgan fingerprint density at radius 1 is 1.29 bits per heavy atom. The second-order valence-corrected chi connectivity index (χ2v) is 5.25. The van der Waals surface area contributed by atoms with Crippen molar-refractivity contribution < 1.29 is 9.53 Å². The lowest BCUT2D eigenvalue weighted by atomic mass is 10.2. The summed E-state index contributed by atoms with van der Waals surface area (Å²) in [6.45, 7) is 2.08. The molecule has 2 aromatic rings. The quantitative estimate of drug-likeness (QED) is 0.916. The summed E-state index contributed by atoms with van der Waals surface area (Å²) in [7, 11) is 0. The number of rotatable bonds is 5. The maximum Gasteiger partial charge on any atom is 0.261 e. The molecule has 0 saturated carbocycles. The molecule has 0 radical (unpaired) electrons. The van der Waals surface area contributed by atoms with Crippen LogP contribution in [-0.4, -0.2) is 17.0 Å². The van der Waals surface area contributed by atoms with Gasteiger partial charge in [-0.05, 0) is 42.8 Å². The molecule has 1 atom stereocenters. The van der Waals surface area contributed by atoms with Crippen LogP contribution in [0.4, 0.5) is 0 Å². The smallest absolute Gasteiger partial charge is 0.261 e. The van der Waals surface area contributed by atoms with E-state index in [-0.39, 0.29) is 5.91 Å². The lowest BCUT2D eigenvalue weighted by Gasteiger charge is -2.15. The molecule has 0 fully saturated rings. The van der Waals surface area contributed by atoms with Gasteiger partial charge < -0.3 is 10.1 Å². The van der Waals surface area contributed by atoms with E-state index < -0.39 is 6.10 Å². The maximum atomic E-state index is 12.0. The van der Waals surface area contributed by atoms with Gasteiger partial charge in [-0.25, -0.2) is 0 Å². The van der Waals surface area contributed by atoms with Crippen molar-refractivity contribution in [2.75, 3.05) is 0 Å². The van der Waals surface area contributed by atoms with Crippen molar-refractivity contribution in [2.24, 2.45) is 0 Å². The summed E-state index contributed by atoms with van der Waals surface area (Å²) in [5.74, 6) is 0.199. The number of hydrogen-bond donors (Lipinski definition) is 1. The van der Waals surface area contributed by atoms with Crippen LogP contribution in [0.2, 0.25) is 10.0 Å². The predicted molar refractivity (Wildman–Crippen MR) is 82.6 cm³/mol. The zero-order valence-corrected chi connectivity index (χ0v) is 12.9. The lowest BCUT2D eigenvalue weighted by Crippen LogP contribution is -2.35. The van der Waals surface area contributed by atoms with Crippen LogP contribution in [0.5, 0.6) is 5.75 Å². The summed E-state index contributed by atoms with van der Waals surface area (Å²) in [5.41, 5.74) is 0.968. The number of ether oxygens (including phenoxy) is 1. The Kier molecular flexibility index (Phi) is 5.42. The summed E-state index contributed by atoms with van der Waals surface area (Å²) < 4.78 is 5.54. The van der Waals surface area contributed by atoms with Crippen molar-refractivity contribution >= 4 is 29.1 Å². The molecule has 0 aliphatic heterocycles. The first-order valence-corrected chi connectivity index (χ1v) is 7.10. The van der Waals surface area contributed by atoms with Gasteiger partial charge in [-0.1, -0.05) is 23.2 Å². The first kappa shape index (κ1) is 15.6. The van der Waals surface area contributed by atoms with Gasteiger partial charge in [0, 0.05) is 24.0 Å². The minimum absolute atomic E-state index is 0.224. The van der Waals surface area contributed by atoms with Crippen LogP contribution < -0.4 is 10.1 Å². The van der Waals surface area contributed by atoms with E-state index in [1.807, 2.05) is 12.1 Å². The van der Waals surface area contributed by atoms with Crippen LogP contribution in [0, 0.1) is 0 Å². The SMILES string of the molecule is C[C@@H](Oc1ccc(Cl)cc1Cl)C(=O)NCc1ccncc1. The topological polar surface area (TPSA) is 51.2 Å². The number of hydrogen-bond acceptors (Lipinski definition) is 3. The Morgan fingerprint density at radius 2 is 2.00 bits per heavy atom. The normalized spacial score (nSPS) is 11.8. The van der Waals surface area contributed by atoms with E-state index in [2.05, 4.69) is 10.3 Å². The molecule has 0 aliphatic carbocycles. The third-order valence-electron chi connectivity index (χ3n) is 2.78. The highest BCUT2D eigenvalue weighted by Crippen LogP contribution is 2.28. The van der Waals surface area contributed by atoms with Gasteiger partial charge in [0.25, 0.3) is 5.91 Å². The van der Waals surface area contributed by atoms with Crippen molar-refractivity contribution in [1.29, 1.82) is 0 Å². The Balaban J connectivity index is 1.90. The molecule has 1 heterocycles. The fourth-order valence-corrected chi connectivity index (χ4v) is 2.10. The molecule has 1 amide bonds. The molecule has 110 valence electrons. The summed E-state index contributed by atoms with van der Waals surface area (Å²) in [6, 6.07) is 8.53. The standard InChI is InChI=1S/C15H14Cl2N2O2/c1-10(21-14-3-2-12(16)8-13(14)17)15(20)19-9-11-4-6-18-7-5-11/h2-8,10H,9H2,1H3,(H,19,20)/t10-/m1/s1. The summed E-state index contributed by atoms with van der Waals surface area (Å²) in [4.78, 5) is 15.9. The zero-order chi connectivity index (χ0) is 15.2. The van der Waals surface area contributed by atoms with Crippen LogP contribution >= 0.6 is 23.2 Å². The van der Waals surface area contributed by atoms with Crippen LogP contribution in [-0.2, 0) is 11.3 Å². The van der Waals surface area contributed by atoms with Gasteiger partial charge >= 0.3 is 0 Å². The number of nitrogens with zero attached hydrogens (tertiary/aromatic N) is 1. The summed E-state index contributed by atoms with van der Waals surface area (Å²) >= 11 is 11.8. The second-order valence-electron chi connectivity index (χ2n) is 4.41. The number of benzene rings is 1. The molecule has 1 aromatic carbocycles. The van der Waals surface area contributed by atoms with Crippen molar-refractivity contribution in [3.8, 4) is 5.75 Å². The second kappa shape index (κ2) is 7.29. The molecule has 1 aromatic heterocycles. The highest BCUT2D eigenvalue weighted by Gasteiger charge is 2.15. The minimum atomic E-state index is -0.662. The molecule has 0 unspecified atom stereocenters. The van der Waals surface area contributed by atoms with Gasteiger partial charge in [-0.3, -0.25) is 9.78 Å². The summed E-state index contributed by atoms with van der Waals surface area (Å²) in [6.07, 6.45) is 2.69. The van der Waals surface area contributed by atoms with E-state index >= 15 is 0 Å². The molecule has 2 rings (SSSR count). The van der Waals surface area contributed by atoms with Crippen LogP contribution in [0.1, 0.15) is 12.5 Å². The molecular weight excluding hydrogens is 311 g/mol. The van der Waals surface area contributed by atoms with Gasteiger partial charge in [-0.15, -0.1) is 0 Å². The van der Waals surface area contributed by atoms with E-state index in [4.69, 9.17) is 27.9 Å². The van der Waals surface area contributed by atoms with Crippen LogP contribution in [0.25, 0.3) is 0 Å². The number of pyridine rings is 1. The molecule has 0 spiro atoms. The Morgan fingerprint density at radius 3 is 2.67 bits per heavy atom. The van der Waals surface area contributed by atoms with Gasteiger partial charge in [0.15, 0.2) is 6.10 Å². The van der Waals surface area contributed by atoms with Gasteiger partial charge in [0.2, 0.25) is 0 Å². The number of halogens is 2. The molecule has 21 heavy (non-hydrogen) atoms. The number of amides is 1. The predicted octanol–water partition coefficient (Wildman–Crippen LogP) is 3.47. The van der Waals surface area contributed by atoms with Crippen molar-refractivity contribution in [3.05, 3.63) is 58.3 Å². The molecule has 0 aliphatic rings. The van der Waals surface area contributed by atoms with Crippen LogP contribution in [0.15, 0.2) is 42.7 Å². The van der Waals surface area contributed by atoms with Crippen molar-refractivity contribution in [1.82, 2.24) is 10.3 Å². The third kappa shape index (κ3) is 4.62. The van der Waals surface area contributed by atoms with Crippen LogP contribution in [0.3, 0.4) is 0 Å². The van der Waals surface area contributed by atoms with Crippen molar-refractivity contribution in [2.45, 2.75) is 19.6 Å². The van der Waals surface area contributed by atoms with Gasteiger partial charge in [-0.2, -0.15) is 0 Å². The summed E-state index contributed by atoms with van der Waals surface area (Å²) in [5, 5.41) is 3.68. The average Bonchev–Trinajstić information content (AvgIpc) is 2.48. The highest BCUT2D eigenvalue weighted by atomic mass is 35.5. The first-order valence-electron chi connectivity index (χ1n) is 6.34. The van der Waals surface area contributed by atoms with E-state index in [9.17, 15) is 4.79 Å². The monoisotopic (exact) mass is 324 g/mol. The Hall–Kier alpha value is -1.78. The van der Waals surface area contributed by atoms with Gasteiger partial charge in [0.05, 0.1) is 5.02 Å². The largest absolute Gasteiger partial charge is 0.479 e. The average molecular weight is 325 g/mol. The Bertz CT molecular complexity index is 620. The molecule has 6 heteroatoms. The fourth-order valence-electron chi connectivity index (χ4n) is 1.65. The fraction of sp³-hybridized carbons (Fsp3) is 0.200. The zero-order valence-electron chi connectivity index (χ0n) is 11.3. The third-order valence-corrected chi connectivity index (χ3v) is 3.31. The maximum absolute atomic E-state index is 12.0. The number of carbonyl (C=O) groups excluding carboxylic acids is 1. The van der Waals surface area contributed by atoms with Crippen molar-refractivity contribution in [3.63, 3.8) is 0 Å². The minimum Gasteiger partial charge on any atom is -0.479 e. The number of carbonyl (C=O) groups is 1. The molecular formula is C15H14Cl2N2O2. The number of nitrogens with one attached hydrogen (secondary N) is 1. The number of aromatic nitrogens is 1. The molecule has 1 N–H and O–H groups in total. The molecule has 4 nitrogen and oxygen atoms in total. The van der Waals surface area contributed by atoms with E-state index in [0.29, 0.717) is 22.3 Å². The van der Waals surface area contributed by atoms with E-state index in [1.165, 1.54) is 0 Å². The highest BCUT2D eigenvalue weighted by molar-refractivity contribution is 6.35. The molecule has 0 bridgehead atoms. The Labute approximate surface area is 133 Å². The lowest BCUT2D eigenvalue weighted by molar-refractivity contribution is -0.127. The molecule has 0 saturated heterocycles. The van der Waals surface area contributed by atoms with E-state index in [0.717, 1.165) is 5.56 Å². The van der Waals surface area contributed by atoms with Gasteiger partial charge in [0.1, 0.15) is 5.75 Å². The first-order chi connectivity index (χ1) is 10.1.